The third kappa shape index (κ3) is 11.4. The van der Waals surface area contributed by atoms with Gasteiger partial charge in [0.15, 0.2) is 0 Å². The number of carboxylic acids is 1. The van der Waals surface area contributed by atoms with Crippen molar-refractivity contribution in [2.75, 3.05) is 19.7 Å². The molecule has 2 saturated carbocycles. The van der Waals surface area contributed by atoms with E-state index >= 15 is 0 Å². The lowest BCUT2D eigenvalue weighted by molar-refractivity contribution is -0.142. The third-order valence-electron chi connectivity index (χ3n) is 7.97. The molecule has 0 aromatic carbocycles. The fraction of sp³-hybridized carbons (Fsp3) is 0.929. The van der Waals surface area contributed by atoms with E-state index in [0.29, 0.717) is 31.5 Å². The lowest BCUT2D eigenvalue weighted by atomic mass is 9.82. The highest BCUT2D eigenvalue weighted by molar-refractivity contribution is 5.74. The summed E-state index contributed by atoms with van der Waals surface area (Å²) in [6, 6.07) is 0.424. The van der Waals surface area contributed by atoms with Crippen molar-refractivity contribution < 1.29 is 19.4 Å². The van der Waals surface area contributed by atoms with Gasteiger partial charge >= 0.3 is 12.0 Å². The molecule has 0 radical (unpaired) electrons. The number of nitrogens with one attached hydrogen (secondary N) is 1. The van der Waals surface area contributed by atoms with Crippen molar-refractivity contribution in [3.8, 4) is 0 Å². The van der Waals surface area contributed by atoms with Crippen molar-refractivity contribution in [1.82, 2.24) is 10.2 Å². The number of urea groups is 1. The zero-order valence-corrected chi connectivity index (χ0v) is 22.1. The first kappa shape index (κ1) is 28.9. The predicted molar refractivity (Wildman–Crippen MR) is 138 cm³/mol. The molecule has 0 aliphatic heterocycles. The van der Waals surface area contributed by atoms with E-state index < -0.39 is 5.97 Å². The molecule has 198 valence electrons. The molecular weight excluding hydrogens is 428 g/mol. The van der Waals surface area contributed by atoms with Gasteiger partial charge in [0.05, 0.1) is 18.6 Å². The summed E-state index contributed by atoms with van der Waals surface area (Å²) in [6.45, 7) is 6.25. The molecule has 2 rings (SSSR count). The summed E-state index contributed by atoms with van der Waals surface area (Å²) in [5.41, 5.74) is 0. The number of amides is 2. The number of hydrogen-bond donors (Lipinski definition) is 2. The number of aliphatic carboxylic acids is 1. The lowest BCUT2D eigenvalue weighted by Gasteiger charge is -2.31. The van der Waals surface area contributed by atoms with Crippen LogP contribution in [0, 0.1) is 11.8 Å². The van der Waals surface area contributed by atoms with Gasteiger partial charge < -0.3 is 20.1 Å². The zero-order valence-electron chi connectivity index (χ0n) is 22.1. The van der Waals surface area contributed by atoms with Gasteiger partial charge in [-0.1, -0.05) is 71.6 Å². The molecule has 0 saturated heterocycles. The van der Waals surface area contributed by atoms with Gasteiger partial charge in [-0.2, -0.15) is 0 Å². The van der Waals surface area contributed by atoms with Crippen LogP contribution in [0.4, 0.5) is 4.79 Å². The monoisotopic (exact) mass is 480 g/mol. The van der Waals surface area contributed by atoms with Gasteiger partial charge in [-0.3, -0.25) is 4.79 Å². The van der Waals surface area contributed by atoms with E-state index in [2.05, 4.69) is 12.2 Å². The fourth-order valence-electron chi connectivity index (χ4n) is 5.66. The van der Waals surface area contributed by atoms with Crippen LogP contribution in [0.5, 0.6) is 0 Å². The van der Waals surface area contributed by atoms with E-state index in [-0.39, 0.29) is 18.1 Å². The van der Waals surface area contributed by atoms with Crippen LogP contribution in [0.3, 0.4) is 0 Å². The Labute approximate surface area is 208 Å². The van der Waals surface area contributed by atoms with E-state index in [0.717, 1.165) is 57.9 Å². The molecular formula is C28H52N2O4. The van der Waals surface area contributed by atoms with Gasteiger partial charge in [0.2, 0.25) is 0 Å². The maximum absolute atomic E-state index is 13.0. The topological polar surface area (TPSA) is 78.9 Å². The van der Waals surface area contributed by atoms with Crippen molar-refractivity contribution in [1.29, 1.82) is 0 Å². The summed E-state index contributed by atoms with van der Waals surface area (Å²) < 4.78 is 6.27. The molecule has 2 N–H and O–H groups in total. The number of hydrogen-bond acceptors (Lipinski definition) is 3. The van der Waals surface area contributed by atoms with Crippen molar-refractivity contribution in [3.05, 3.63) is 0 Å². The van der Waals surface area contributed by atoms with Crippen LogP contribution in [-0.2, 0) is 9.53 Å². The molecule has 0 spiro atoms. The number of ether oxygens (including phenoxy) is 1. The Morgan fingerprint density at radius 3 is 2.44 bits per heavy atom. The number of carbonyl (C=O) groups excluding carboxylic acids is 1. The Balaban J connectivity index is 1.75. The van der Waals surface area contributed by atoms with Gasteiger partial charge in [-0.25, -0.2) is 4.79 Å². The van der Waals surface area contributed by atoms with Crippen LogP contribution in [-0.4, -0.2) is 53.8 Å². The molecule has 2 fully saturated rings. The molecule has 0 heterocycles. The van der Waals surface area contributed by atoms with E-state index in [4.69, 9.17) is 4.74 Å². The normalized spacial score (nSPS) is 22.3. The molecule has 2 amide bonds. The summed E-state index contributed by atoms with van der Waals surface area (Å²) in [5, 5.41) is 12.6. The van der Waals surface area contributed by atoms with Crippen LogP contribution >= 0.6 is 0 Å². The zero-order chi connectivity index (χ0) is 24.6. The SMILES string of the molecule is CCCCCCCN(CCOC1CCCC(CCC(CC)C(=O)O)C1)C(=O)NC1CCCCC1. The number of unbranched alkanes of at least 4 members (excludes halogenated alkanes) is 4. The quantitative estimate of drug-likeness (QED) is 0.239. The Morgan fingerprint density at radius 2 is 1.74 bits per heavy atom. The van der Waals surface area contributed by atoms with E-state index in [1.807, 2.05) is 11.8 Å². The molecule has 0 bridgehead atoms. The first-order chi connectivity index (χ1) is 16.5. The maximum Gasteiger partial charge on any atom is 0.317 e. The van der Waals surface area contributed by atoms with Gasteiger partial charge in [-0.05, 0) is 57.3 Å². The Morgan fingerprint density at radius 1 is 0.971 bits per heavy atom. The standard InChI is InChI=1S/C28H52N2O4/c1-3-5-6-7-11-19-30(28(33)29-25-14-9-8-10-15-25)20-21-34-26-16-12-13-23(22-26)17-18-24(4-2)27(31)32/h23-26H,3-22H2,1-2H3,(H,29,33)(H,31,32). The van der Waals surface area contributed by atoms with Gasteiger partial charge in [0.25, 0.3) is 0 Å². The van der Waals surface area contributed by atoms with E-state index in [1.165, 1.54) is 51.4 Å². The smallest absolute Gasteiger partial charge is 0.317 e. The summed E-state index contributed by atoms with van der Waals surface area (Å²) in [4.78, 5) is 26.3. The minimum Gasteiger partial charge on any atom is -0.481 e. The molecule has 6 heteroatoms. The summed E-state index contributed by atoms with van der Waals surface area (Å²) in [7, 11) is 0. The summed E-state index contributed by atoms with van der Waals surface area (Å²) in [6.07, 6.45) is 19.1. The van der Waals surface area contributed by atoms with Crippen molar-refractivity contribution >= 4 is 12.0 Å². The van der Waals surface area contributed by atoms with Crippen molar-refractivity contribution in [2.45, 2.75) is 135 Å². The number of carboxylic acid groups (broad SMARTS) is 1. The molecule has 3 unspecified atom stereocenters. The minimum absolute atomic E-state index is 0.0896. The van der Waals surface area contributed by atoms with Gasteiger partial charge in [0, 0.05) is 19.1 Å². The average Bonchev–Trinajstić information content (AvgIpc) is 2.84. The van der Waals surface area contributed by atoms with Crippen LogP contribution in [0.25, 0.3) is 0 Å². The second-order valence-electron chi connectivity index (χ2n) is 10.7. The molecule has 6 nitrogen and oxygen atoms in total. The first-order valence-electron chi connectivity index (χ1n) is 14.4. The van der Waals surface area contributed by atoms with Gasteiger partial charge in [-0.15, -0.1) is 0 Å². The van der Waals surface area contributed by atoms with Gasteiger partial charge in [0.1, 0.15) is 0 Å². The maximum atomic E-state index is 13.0. The van der Waals surface area contributed by atoms with E-state index in [9.17, 15) is 14.7 Å². The molecule has 34 heavy (non-hydrogen) atoms. The second kappa shape index (κ2) is 17.2. The Bertz CT molecular complexity index is 565. The van der Waals surface area contributed by atoms with E-state index in [1.54, 1.807) is 0 Å². The Kier molecular flexibility index (Phi) is 14.6. The molecule has 3 atom stereocenters. The summed E-state index contributed by atoms with van der Waals surface area (Å²) >= 11 is 0. The Hall–Kier alpha value is -1.30. The lowest BCUT2D eigenvalue weighted by Crippen LogP contribution is -2.47. The largest absolute Gasteiger partial charge is 0.481 e. The highest BCUT2D eigenvalue weighted by Crippen LogP contribution is 2.31. The van der Waals surface area contributed by atoms with Crippen LogP contribution in [0.2, 0.25) is 0 Å². The number of rotatable bonds is 16. The minimum atomic E-state index is -0.660. The molecule has 2 aliphatic carbocycles. The average molecular weight is 481 g/mol. The summed E-state index contributed by atoms with van der Waals surface area (Å²) in [5.74, 6) is -0.307. The van der Waals surface area contributed by atoms with Crippen molar-refractivity contribution in [3.63, 3.8) is 0 Å². The first-order valence-corrected chi connectivity index (χ1v) is 14.4. The van der Waals surface area contributed by atoms with Crippen LogP contribution in [0.15, 0.2) is 0 Å². The second-order valence-corrected chi connectivity index (χ2v) is 10.7. The predicted octanol–water partition coefficient (Wildman–Crippen LogP) is 6.77. The third-order valence-corrected chi connectivity index (χ3v) is 7.97. The number of nitrogens with zero attached hydrogens (tertiary/aromatic N) is 1. The molecule has 0 aromatic rings. The number of carbonyl (C=O) groups is 2. The van der Waals surface area contributed by atoms with Crippen LogP contribution in [0.1, 0.15) is 123 Å². The van der Waals surface area contributed by atoms with Crippen molar-refractivity contribution in [2.24, 2.45) is 11.8 Å². The van der Waals surface area contributed by atoms with Crippen LogP contribution < -0.4 is 5.32 Å². The highest BCUT2D eigenvalue weighted by atomic mass is 16.5. The molecule has 0 aromatic heterocycles. The highest BCUT2D eigenvalue weighted by Gasteiger charge is 2.25. The fourth-order valence-corrected chi connectivity index (χ4v) is 5.66. The molecule has 2 aliphatic rings.